The third-order valence-electron chi connectivity index (χ3n) is 23.7. The van der Waals surface area contributed by atoms with Gasteiger partial charge in [0.25, 0.3) is 0 Å². The number of rotatable bonds is 42. The maximum Gasteiger partial charge on any atom is 0.371 e. The number of carboxylic acids is 4. The standard InChI is InChI=1S/C106H88O30/c1-4-92(108)129-58-72(133-101(121)82-25-9-7-23-80(82)97(113)114)54-125-68-41-33-64(34-42-68)105(88-27-15-11-19-76(88)77-20-12-16-28-89(77)105)66-37-45-70(46-38-66)127-56-74(60-131-94(110)6-3)135-103(123)84-49-31-62(51-86(84)99(117)118)96(112)63-32-50-85(87(52-63)100(119)120)104(124)136-75(61-132-95(111)53-107)57-128-71-47-39-67(40-48-71)106(90-29-17-13-21-78(90)79-22-14-18-30-91(79)106)65-35-43-69(44-36-65)126-55-73(59-130-93(109)5-2)134-102(122)83-26-10-8-24-81(83)98(115)116/h4-22,27-53,72-75,80-83H,1-3,23-26,54-61H2,(H,113,114)(H,115,116)(H,117,118)(H,119,120). The first-order valence-electron chi connectivity index (χ1n) is 43.0. The summed E-state index contributed by atoms with van der Waals surface area (Å²) in [5.41, 5.74) is 5.04. The van der Waals surface area contributed by atoms with Crippen LogP contribution < -0.4 is 18.9 Å². The average Bonchev–Trinajstić information content (AvgIpc) is 1.54. The minimum absolute atomic E-state index is 0.126. The van der Waals surface area contributed by atoms with E-state index in [1.165, 1.54) is 0 Å². The van der Waals surface area contributed by atoms with Crippen molar-refractivity contribution in [2.24, 2.45) is 23.7 Å². The van der Waals surface area contributed by atoms with E-state index in [1.807, 2.05) is 146 Å². The van der Waals surface area contributed by atoms with Gasteiger partial charge in [-0.3, -0.25) is 28.8 Å². The van der Waals surface area contributed by atoms with Crippen molar-refractivity contribution in [3.05, 3.63) is 371 Å². The minimum atomic E-state index is -1.73. The van der Waals surface area contributed by atoms with Crippen LogP contribution in [0.1, 0.15) is 128 Å². The molecule has 0 aliphatic heterocycles. The number of ether oxygens (including phenoxy) is 12. The Hall–Kier alpha value is -16.9. The van der Waals surface area contributed by atoms with Crippen molar-refractivity contribution >= 4 is 83.7 Å². The van der Waals surface area contributed by atoms with Crippen molar-refractivity contribution in [1.82, 2.24) is 0 Å². The van der Waals surface area contributed by atoms with E-state index in [1.54, 1.807) is 72.8 Å². The molecule has 4 aliphatic carbocycles. The Bertz CT molecular complexity index is 5910. The molecule has 692 valence electrons. The molecule has 0 radical (unpaired) electrons. The van der Waals surface area contributed by atoms with Crippen LogP contribution in [-0.2, 0) is 91.9 Å². The molecule has 10 aromatic carbocycles. The number of carboxylic acid groups (broad SMARTS) is 4. The van der Waals surface area contributed by atoms with Crippen molar-refractivity contribution in [2.45, 2.75) is 60.9 Å². The fourth-order valence-electron chi connectivity index (χ4n) is 17.3. The van der Waals surface area contributed by atoms with Gasteiger partial charge in [0.15, 0.2) is 30.2 Å². The summed E-state index contributed by atoms with van der Waals surface area (Å²) in [4.78, 5) is 181. The average molecular weight is 1840 g/mol. The van der Waals surface area contributed by atoms with Gasteiger partial charge in [0.05, 0.1) is 56.8 Å². The highest BCUT2D eigenvalue weighted by atomic mass is 16.6. The SMILES string of the molecule is C=CC(=O)OCC(COc1ccc(C2(c3ccc(OCC(COC(=O)C=C)OC(=O)C4CC=CCC4C(=O)O)cc3)c3ccccc3-c3ccccc32)cc1)OC(=O)c1ccc(C(=O)c2ccc(C(=O)OC(COC(=O)C=O)COc3ccc(C4(c5ccc(OCC(COC(=O)C=C)OC(=O)C6CC=CCC6C(=O)O)cc5)c5ccccc5-c5ccccc54)cc3)c(C(=O)O)c2)cc1C(=O)O. The van der Waals surface area contributed by atoms with Gasteiger partial charge in [-0.15, -0.1) is 0 Å². The molecule has 8 unspecified atom stereocenters. The third kappa shape index (κ3) is 20.8. The van der Waals surface area contributed by atoms with E-state index >= 15 is 0 Å². The van der Waals surface area contributed by atoms with Crippen molar-refractivity contribution in [2.75, 3.05) is 52.9 Å². The number of hydrogen-bond donors (Lipinski definition) is 4. The smallest absolute Gasteiger partial charge is 0.371 e. The molecule has 30 nitrogen and oxygen atoms in total. The molecular formula is C106H88O30. The van der Waals surface area contributed by atoms with Gasteiger partial charge in [-0.25, -0.2) is 38.4 Å². The van der Waals surface area contributed by atoms with E-state index in [0.29, 0.717) is 11.5 Å². The number of allylic oxidation sites excluding steroid dienone is 4. The molecule has 136 heavy (non-hydrogen) atoms. The zero-order chi connectivity index (χ0) is 96.3. The molecular weight excluding hydrogens is 1750 g/mol. The lowest BCUT2D eigenvalue weighted by Gasteiger charge is -2.34. The fraction of sp³-hybridized carbons (Fsp3) is 0.208. The van der Waals surface area contributed by atoms with Gasteiger partial charge < -0.3 is 77.3 Å². The summed E-state index contributed by atoms with van der Waals surface area (Å²) >= 11 is 0. The van der Waals surface area contributed by atoms with E-state index in [9.17, 15) is 87.5 Å². The fourth-order valence-corrected chi connectivity index (χ4v) is 17.3. The lowest BCUT2D eigenvalue weighted by atomic mass is 9.68. The summed E-state index contributed by atoms with van der Waals surface area (Å²) in [6, 6.07) is 65.6. The normalized spacial score (nSPS) is 16.2. The summed E-state index contributed by atoms with van der Waals surface area (Å²) in [6.45, 7) is 6.42. The number of aromatic carboxylic acids is 2. The first-order valence-corrected chi connectivity index (χ1v) is 43.0. The second kappa shape index (κ2) is 43.0. The van der Waals surface area contributed by atoms with Crippen molar-refractivity contribution in [1.29, 1.82) is 0 Å². The summed E-state index contributed by atoms with van der Waals surface area (Å²) < 4.78 is 68.6. The van der Waals surface area contributed by atoms with Gasteiger partial charge in [-0.1, -0.05) is 202 Å². The highest BCUT2D eigenvalue weighted by Crippen LogP contribution is 2.58. The molecule has 30 heteroatoms. The summed E-state index contributed by atoms with van der Waals surface area (Å²) in [7, 11) is 0. The number of benzene rings is 10. The molecule has 10 aromatic rings. The van der Waals surface area contributed by atoms with E-state index in [4.69, 9.17) is 56.8 Å². The second-order valence-electron chi connectivity index (χ2n) is 31.9. The molecule has 0 spiro atoms. The zero-order valence-electron chi connectivity index (χ0n) is 72.7. The Morgan fingerprint density at radius 3 is 0.846 bits per heavy atom. The molecule has 0 aromatic heterocycles. The van der Waals surface area contributed by atoms with Gasteiger partial charge in [-0.2, -0.15) is 0 Å². The number of esters is 8. The predicted molar refractivity (Wildman–Crippen MR) is 484 cm³/mol. The maximum absolute atomic E-state index is 14.4. The van der Waals surface area contributed by atoms with Crippen LogP contribution in [0.15, 0.2) is 293 Å². The summed E-state index contributed by atoms with van der Waals surface area (Å²) in [6.07, 6.45) is 4.72. The van der Waals surface area contributed by atoms with E-state index in [2.05, 4.69) is 19.7 Å². The number of ketones is 1. The number of carbonyl (C=O) groups excluding carboxylic acids is 10. The monoisotopic (exact) mass is 1840 g/mol. The lowest BCUT2D eigenvalue weighted by Crippen LogP contribution is -2.37. The van der Waals surface area contributed by atoms with Crippen LogP contribution >= 0.6 is 0 Å². The number of hydrogen-bond acceptors (Lipinski definition) is 26. The molecule has 0 heterocycles. The van der Waals surface area contributed by atoms with Crippen LogP contribution in [0.4, 0.5) is 0 Å². The van der Waals surface area contributed by atoms with E-state index in [-0.39, 0.29) is 67.8 Å². The number of aliphatic carboxylic acids is 2. The molecule has 4 aliphatic rings. The first-order chi connectivity index (χ1) is 65.7. The highest BCUT2D eigenvalue weighted by Gasteiger charge is 2.49. The van der Waals surface area contributed by atoms with Crippen LogP contribution in [0.3, 0.4) is 0 Å². The Balaban J connectivity index is 0.649. The van der Waals surface area contributed by atoms with E-state index in [0.717, 1.165) is 121 Å². The first kappa shape index (κ1) is 95.2. The summed E-state index contributed by atoms with van der Waals surface area (Å²) in [5, 5.41) is 40.9. The molecule has 0 saturated carbocycles. The van der Waals surface area contributed by atoms with Gasteiger partial charge in [0.1, 0.15) is 75.9 Å². The Morgan fingerprint density at radius 2 is 0.581 bits per heavy atom. The van der Waals surface area contributed by atoms with Crippen molar-refractivity contribution in [3.63, 3.8) is 0 Å². The third-order valence-corrected chi connectivity index (χ3v) is 23.7. The van der Waals surface area contributed by atoms with Crippen molar-refractivity contribution in [3.8, 4) is 45.3 Å². The molecule has 0 bridgehead atoms. The topological polar surface area (TPSA) is 431 Å². The van der Waals surface area contributed by atoms with Crippen LogP contribution in [0, 0.1) is 23.7 Å². The molecule has 8 atom stereocenters. The number of fused-ring (bicyclic) bond motifs is 6. The number of aldehydes is 1. The molecule has 0 saturated heterocycles. The molecule has 0 amide bonds. The zero-order valence-corrected chi connectivity index (χ0v) is 72.7. The molecule has 4 N–H and O–H groups in total. The van der Waals surface area contributed by atoms with Crippen LogP contribution in [0.5, 0.6) is 23.0 Å². The number of carbonyl (C=O) groups is 14. The van der Waals surface area contributed by atoms with Gasteiger partial charge >= 0.3 is 71.6 Å². The second-order valence-corrected chi connectivity index (χ2v) is 31.9. The van der Waals surface area contributed by atoms with Crippen LogP contribution in [0.2, 0.25) is 0 Å². The predicted octanol–water partition coefficient (Wildman–Crippen LogP) is 14.1. The minimum Gasteiger partial charge on any atom is -0.490 e. The van der Waals surface area contributed by atoms with Crippen LogP contribution in [-0.4, -0.2) is 181 Å². The summed E-state index contributed by atoms with van der Waals surface area (Å²) in [5.74, 6) is -17.6. The Kier molecular flexibility index (Phi) is 30.1. The van der Waals surface area contributed by atoms with Gasteiger partial charge in [-0.05, 0) is 165 Å². The largest absolute Gasteiger partial charge is 0.490 e. The van der Waals surface area contributed by atoms with Crippen molar-refractivity contribution < 1.29 is 144 Å². The van der Waals surface area contributed by atoms with Gasteiger partial charge in [0.2, 0.25) is 6.29 Å². The maximum atomic E-state index is 14.4. The Labute approximate surface area is 777 Å². The molecule has 14 rings (SSSR count). The van der Waals surface area contributed by atoms with Gasteiger partial charge in [0, 0.05) is 29.4 Å². The lowest BCUT2D eigenvalue weighted by molar-refractivity contribution is -0.167. The highest BCUT2D eigenvalue weighted by molar-refractivity contribution is 6.20. The van der Waals surface area contributed by atoms with Crippen LogP contribution in [0.25, 0.3) is 22.3 Å². The van der Waals surface area contributed by atoms with E-state index < -0.39 is 198 Å². The quantitative estimate of drug-likeness (QED) is 0.00525. The molecule has 0 fully saturated rings. The Morgan fingerprint density at radius 1 is 0.316 bits per heavy atom.